The van der Waals surface area contributed by atoms with Crippen LogP contribution in [-0.2, 0) is 4.28 Å². The summed E-state index contributed by atoms with van der Waals surface area (Å²) in [6, 6.07) is 14.8. The normalized spacial score (nSPS) is 20.0. The van der Waals surface area contributed by atoms with Gasteiger partial charge in [0.2, 0.25) is 5.12 Å². The van der Waals surface area contributed by atoms with Gasteiger partial charge in [-0.3, -0.25) is 14.9 Å². The van der Waals surface area contributed by atoms with Gasteiger partial charge in [0.15, 0.2) is 0 Å². The summed E-state index contributed by atoms with van der Waals surface area (Å²) in [5.74, 6) is 0. The van der Waals surface area contributed by atoms with Gasteiger partial charge in [-0.05, 0) is 30.5 Å². The van der Waals surface area contributed by atoms with Crippen LogP contribution in [-0.4, -0.2) is 16.3 Å². The first-order chi connectivity index (χ1) is 9.94. The Morgan fingerprint density at radius 1 is 1.14 bits per heavy atom. The fraction of sp³-hybridized carbons (Fsp3) is 0.0714. The molecule has 0 bridgehead atoms. The van der Waals surface area contributed by atoms with Crippen LogP contribution in [0.2, 0.25) is 0 Å². The standard InChI is InChI=1S/C14H14N2O4S/c1-21(15-20-21,13-5-3-2-4-6-13)14(17)11-7-9-12(10-8-11)16(18)19/h2-10,15,21H,1H3. The molecule has 1 aliphatic rings. The number of non-ortho nitro benzene ring substituents is 1. The van der Waals surface area contributed by atoms with E-state index in [1.54, 1.807) is 6.26 Å². The van der Waals surface area contributed by atoms with Crippen molar-refractivity contribution in [3.8, 4) is 0 Å². The molecule has 0 aliphatic carbocycles. The fourth-order valence-electron chi connectivity index (χ4n) is 2.21. The third kappa shape index (κ3) is 2.02. The zero-order chi connectivity index (χ0) is 15.1. The van der Waals surface area contributed by atoms with Crippen molar-refractivity contribution in [3.05, 3.63) is 70.3 Å². The van der Waals surface area contributed by atoms with Crippen molar-refractivity contribution < 1.29 is 14.0 Å². The second-order valence-electron chi connectivity index (χ2n) is 5.09. The second kappa shape index (κ2) is 4.39. The van der Waals surface area contributed by atoms with Crippen LogP contribution in [0.15, 0.2) is 59.5 Å². The van der Waals surface area contributed by atoms with E-state index in [9.17, 15) is 14.9 Å². The molecular weight excluding hydrogens is 292 g/mol. The molecule has 2 aromatic rings. The number of thiol groups is 1. The highest BCUT2D eigenvalue weighted by Crippen LogP contribution is 2.81. The first-order valence-electron chi connectivity index (χ1n) is 6.28. The van der Waals surface area contributed by atoms with E-state index in [1.165, 1.54) is 24.3 Å². The van der Waals surface area contributed by atoms with Gasteiger partial charge < -0.3 is 0 Å². The smallest absolute Gasteiger partial charge is 0.269 e. The monoisotopic (exact) mass is 306 g/mol. The lowest BCUT2D eigenvalue weighted by Crippen LogP contribution is -2.17. The number of carbonyl (C=O) groups excluding carboxylic acids is 1. The molecule has 3 rings (SSSR count). The van der Waals surface area contributed by atoms with Gasteiger partial charge in [-0.25, -0.2) is 4.28 Å². The summed E-state index contributed by atoms with van der Waals surface area (Å²) in [6.07, 6.45) is 1.78. The van der Waals surface area contributed by atoms with Crippen LogP contribution in [0.1, 0.15) is 10.4 Å². The SMILES string of the molecule is C[SH]1(C(=O)c2ccc([N+](=O)[O-])cc2)(c2ccccc2)NO1. The van der Waals surface area contributed by atoms with E-state index in [-0.39, 0.29) is 10.8 Å². The van der Waals surface area contributed by atoms with Crippen molar-refractivity contribution in [2.24, 2.45) is 0 Å². The van der Waals surface area contributed by atoms with Gasteiger partial charge in [-0.1, -0.05) is 27.8 Å². The summed E-state index contributed by atoms with van der Waals surface area (Å²) in [6.45, 7) is 0. The van der Waals surface area contributed by atoms with Crippen molar-refractivity contribution in [2.75, 3.05) is 6.26 Å². The molecule has 0 amide bonds. The van der Waals surface area contributed by atoms with Gasteiger partial charge in [0.25, 0.3) is 5.69 Å². The number of nitro benzene ring substituents is 1. The molecule has 7 heteroatoms. The molecule has 1 heterocycles. The minimum absolute atomic E-state index is 0.0456. The number of rotatable bonds is 3. The number of nitrogens with zero attached hydrogens (tertiary/aromatic N) is 1. The number of benzene rings is 2. The maximum absolute atomic E-state index is 12.8. The zero-order valence-corrected chi connectivity index (χ0v) is 12.1. The van der Waals surface area contributed by atoms with Gasteiger partial charge in [0, 0.05) is 22.6 Å². The van der Waals surface area contributed by atoms with Crippen molar-refractivity contribution in [2.45, 2.75) is 4.90 Å². The quantitative estimate of drug-likeness (QED) is 0.393. The Kier molecular flexibility index (Phi) is 2.87. The van der Waals surface area contributed by atoms with Crippen LogP contribution in [0.3, 0.4) is 0 Å². The first kappa shape index (κ1) is 13.7. The summed E-state index contributed by atoms with van der Waals surface area (Å²) in [7, 11) is -3.26. The van der Waals surface area contributed by atoms with Crippen molar-refractivity contribution in [1.29, 1.82) is 0 Å². The number of nitrogens with one attached hydrogen (secondary N) is 1. The van der Waals surface area contributed by atoms with E-state index in [0.717, 1.165) is 4.90 Å². The first-order valence-corrected chi connectivity index (χ1v) is 8.88. The molecule has 1 aliphatic heterocycles. The molecule has 0 saturated carbocycles. The molecule has 0 spiro atoms. The lowest BCUT2D eigenvalue weighted by atomic mass is 10.2. The molecule has 1 fully saturated rings. The van der Waals surface area contributed by atoms with Crippen molar-refractivity contribution in [1.82, 2.24) is 4.89 Å². The summed E-state index contributed by atoms with van der Waals surface area (Å²) >= 11 is 0. The molecule has 2 aromatic carbocycles. The summed E-state index contributed by atoms with van der Waals surface area (Å²) in [5, 5.41) is 10.5. The largest absolute Gasteiger partial charge is 0.281 e. The molecule has 1 saturated heterocycles. The van der Waals surface area contributed by atoms with Gasteiger partial charge in [0.05, 0.1) is 4.92 Å². The highest BCUT2D eigenvalue weighted by molar-refractivity contribution is 8.58. The van der Waals surface area contributed by atoms with Crippen LogP contribution < -0.4 is 4.89 Å². The molecular formula is C14H14N2O4S. The van der Waals surface area contributed by atoms with E-state index < -0.39 is 14.6 Å². The van der Waals surface area contributed by atoms with Gasteiger partial charge in [0.1, 0.15) is 0 Å². The number of carbonyl (C=O) groups is 1. The minimum Gasteiger partial charge on any atom is -0.281 e. The highest BCUT2D eigenvalue weighted by atomic mass is 32.3. The van der Waals surface area contributed by atoms with E-state index in [2.05, 4.69) is 4.89 Å². The number of nitro groups is 1. The van der Waals surface area contributed by atoms with Crippen LogP contribution >= 0.6 is 9.63 Å². The molecule has 0 atom stereocenters. The lowest BCUT2D eigenvalue weighted by molar-refractivity contribution is -0.384. The minimum atomic E-state index is -3.26. The Labute approximate surface area is 121 Å². The second-order valence-corrected chi connectivity index (χ2v) is 9.30. The molecule has 1 N–H and O–H groups in total. The Morgan fingerprint density at radius 3 is 2.19 bits per heavy atom. The van der Waals surface area contributed by atoms with Crippen LogP contribution in [0, 0.1) is 10.1 Å². The third-order valence-corrected chi connectivity index (χ3v) is 7.34. The predicted molar refractivity (Wildman–Crippen MR) is 81.3 cm³/mol. The van der Waals surface area contributed by atoms with E-state index >= 15 is 0 Å². The Morgan fingerprint density at radius 2 is 1.71 bits per heavy atom. The van der Waals surface area contributed by atoms with E-state index in [1.807, 2.05) is 30.3 Å². The average Bonchev–Trinajstić information content (AvgIpc) is 3.24. The summed E-state index contributed by atoms with van der Waals surface area (Å²) < 4.78 is 5.46. The Hall–Kier alpha value is -2.22. The van der Waals surface area contributed by atoms with Crippen LogP contribution in [0.4, 0.5) is 5.69 Å². The average molecular weight is 306 g/mol. The molecule has 6 nitrogen and oxygen atoms in total. The zero-order valence-electron chi connectivity index (χ0n) is 11.2. The maximum Gasteiger partial charge on any atom is 0.269 e. The van der Waals surface area contributed by atoms with Crippen LogP contribution in [0.5, 0.6) is 0 Å². The maximum atomic E-state index is 12.8. The predicted octanol–water partition coefficient (Wildman–Crippen LogP) is 2.86. The van der Waals surface area contributed by atoms with Crippen molar-refractivity contribution in [3.63, 3.8) is 0 Å². The molecule has 21 heavy (non-hydrogen) atoms. The Bertz CT molecular complexity index is 726. The molecule has 0 unspecified atom stereocenters. The van der Waals surface area contributed by atoms with Crippen molar-refractivity contribution >= 4 is 20.4 Å². The molecule has 110 valence electrons. The fourth-order valence-corrected chi connectivity index (χ4v) is 5.14. The van der Waals surface area contributed by atoms with Gasteiger partial charge in [-0.15, -0.1) is 4.89 Å². The number of hydrogen-bond acceptors (Lipinski definition) is 5. The molecule has 0 radical (unpaired) electrons. The summed E-state index contributed by atoms with van der Waals surface area (Å²) in [4.78, 5) is 26.6. The van der Waals surface area contributed by atoms with Gasteiger partial charge >= 0.3 is 0 Å². The topological polar surface area (TPSA) is 94.7 Å². The summed E-state index contributed by atoms with van der Waals surface area (Å²) in [5.41, 5.74) is 0.352. The number of hydrogen-bond donors (Lipinski definition) is 2. The Balaban J connectivity index is 2.00. The lowest BCUT2D eigenvalue weighted by Gasteiger charge is -2.33. The third-order valence-electron chi connectivity index (χ3n) is 3.65. The van der Waals surface area contributed by atoms with Gasteiger partial charge in [-0.2, -0.15) is 0 Å². The highest BCUT2D eigenvalue weighted by Gasteiger charge is 2.58. The molecule has 0 aromatic heterocycles. The van der Waals surface area contributed by atoms with Crippen LogP contribution in [0.25, 0.3) is 0 Å². The van der Waals surface area contributed by atoms with E-state index in [0.29, 0.717) is 5.56 Å². The van der Waals surface area contributed by atoms with E-state index in [4.69, 9.17) is 4.28 Å².